The van der Waals surface area contributed by atoms with Gasteiger partial charge in [-0.1, -0.05) is 70.2 Å². The van der Waals surface area contributed by atoms with Gasteiger partial charge in [-0.2, -0.15) is 5.10 Å². The molecule has 0 aliphatic rings. The minimum atomic E-state index is -0.172. The van der Waals surface area contributed by atoms with Crippen molar-refractivity contribution in [2.24, 2.45) is 5.10 Å². The highest BCUT2D eigenvalue weighted by molar-refractivity contribution is 9.10. The van der Waals surface area contributed by atoms with E-state index in [2.05, 4.69) is 42.0 Å². The van der Waals surface area contributed by atoms with E-state index in [0.717, 1.165) is 10.0 Å². The molecule has 0 fully saturated rings. The van der Waals surface area contributed by atoms with Crippen molar-refractivity contribution in [3.05, 3.63) is 70.7 Å². The third-order valence-corrected chi connectivity index (χ3v) is 4.95. The second-order valence-corrected chi connectivity index (χ2v) is 7.54. The van der Waals surface area contributed by atoms with Crippen molar-refractivity contribution in [2.75, 3.05) is 22.3 Å². The molecule has 8 nitrogen and oxygen atoms in total. The zero-order chi connectivity index (χ0) is 20.5. The molecule has 0 aliphatic heterocycles. The molecule has 29 heavy (non-hydrogen) atoms. The topological polar surface area (TPSA) is 110 Å². The van der Waals surface area contributed by atoms with Gasteiger partial charge in [0.1, 0.15) is 0 Å². The van der Waals surface area contributed by atoms with E-state index < -0.39 is 0 Å². The molecule has 0 radical (unpaired) electrons. The number of hydrogen-bond acceptors (Lipinski definition) is 7. The van der Waals surface area contributed by atoms with Gasteiger partial charge in [-0.25, -0.2) is 10.1 Å². The molecular weight excluding hydrogens is 454 g/mol. The summed E-state index contributed by atoms with van der Waals surface area (Å²) < 4.78 is 2.13. The number of halogens is 1. The van der Waals surface area contributed by atoms with Gasteiger partial charge in [0.05, 0.1) is 5.75 Å². The van der Waals surface area contributed by atoms with E-state index in [4.69, 9.17) is 5.84 Å². The maximum Gasteiger partial charge on any atom is 0.264 e. The summed E-state index contributed by atoms with van der Waals surface area (Å²) in [6.07, 6.45) is 5.30. The second-order valence-electron chi connectivity index (χ2n) is 5.68. The number of nitrogen functional groups attached to an aromatic ring is 1. The Morgan fingerprint density at radius 3 is 2.83 bits per heavy atom. The molecule has 0 atom stereocenters. The van der Waals surface area contributed by atoms with E-state index in [1.54, 1.807) is 12.3 Å². The van der Waals surface area contributed by atoms with Gasteiger partial charge in [0, 0.05) is 16.4 Å². The highest BCUT2D eigenvalue weighted by Gasteiger charge is 2.12. The first-order valence-electron chi connectivity index (χ1n) is 8.51. The number of carbonyl (C=O) groups is 1. The monoisotopic (exact) mass is 471 g/mol. The molecule has 0 spiro atoms. The summed E-state index contributed by atoms with van der Waals surface area (Å²) in [5, 5.41) is 15.1. The van der Waals surface area contributed by atoms with Crippen molar-refractivity contribution >= 4 is 57.5 Å². The number of hydrogen-bond donors (Lipinski definition) is 3. The molecule has 0 bridgehead atoms. The number of thioether (sulfide) groups is 1. The average Bonchev–Trinajstić information content (AvgIpc) is 3.06. The van der Waals surface area contributed by atoms with E-state index in [1.807, 2.05) is 60.7 Å². The summed E-state index contributed by atoms with van der Waals surface area (Å²) in [6.45, 7) is 0. The van der Waals surface area contributed by atoms with Gasteiger partial charge in [0.2, 0.25) is 11.1 Å². The summed E-state index contributed by atoms with van der Waals surface area (Å²) in [4.78, 5) is 12.1. The van der Waals surface area contributed by atoms with E-state index >= 15 is 0 Å². The number of aromatic nitrogens is 3. The van der Waals surface area contributed by atoms with Crippen molar-refractivity contribution in [3.63, 3.8) is 0 Å². The SMILES string of the molecule is Nn1c(N/N=C/C=C/c2ccccc2)nnc1SCC(=O)Nc1cccc(Br)c1. The van der Waals surface area contributed by atoms with Crippen LogP contribution in [0.3, 0.4) is 0 Å². The van der Waals surface area contributed by atoms with Gasteiger partial charge < -0.3 is 11.2 Å². The summed E-state index contributed by atoms with van der Waals surface area (Å²) in [5.74, 6) is 6.19. The molecule has 148 valence electrons. The maximum atomic E-state index is 12.1. The third kappa shape index (κ3) is 6.47. The molecule has 0 aliphatic carbocycles. The molecule has 4 N–H and O–H groups in total. The molecule has 3 aromatic rings. The average molecular weight is 472 g/mol. The van der Waals surface area contributed by atoms with Crippen LogP contribution in [-0.2, 0) is 4.79 Å². The fourth-order valence-corrected chi connectivity index (χ4v) is 3.26. The smallest absolute Gasteiger partial charge is 0.264 e. The Labute approximate surface area is 180 Å². The Bertz CT molecular complexity index is 1020. The largest absolute Gasteiger partial charge is 0.334 e. The molecule has 0 saturated carbocycles. The number of rotatable bonds is 8. The number of amides is 1. The quantitative estimate of drug-likeness (QED) is 0.200. The van der Waals surface area contributed by atoms with Crippen LogP contribution in [0, 0.1) is 0 Å². The zero-order valence-corrected chi connectivity index (χ0v) is 17.6. The van der Waals surface area contributed by atoms with Gasteiger partial charge in [0.15, 0.2) is 0 Å². The van der Waals surface area contributed by atoms with Crippen molar-refractivity contribution in [3.8, 4) is 0 Å². The van der Waals surface area contributed by atoms with Gasteiger partial charge in [-0.3, -0.25) is 4.79 Å². The Morgan fingerprint density at radius 1 is 1.21 bits per heavy atom. The minimum Gasteiger partial charge on any atom is -0.334 e. The van der Waals surface area contributed by atoms with Gasteiger partial charge in [-0.05, 0) is 29.8 Å². The van der Waals surface area contributed by atoms with Crippen LogP contribution in [0.1, 0.15) is 5.56 Å². The Hall–Kier alpha value is -3.11. The molecule has 2 aromatic carbocycles. The van der Waals surface area contributed by atoms with Gasteiger partial charge in [-0.15, -0.1) is 10.2 Å². The Kier molecular flexibility index (Phi) is 7.42. The molecule has 3 rings (SSSR count). The number of allylic oxidation sites excluding steroid dienone is 1. The van der Waals surface area contributed by atoms with Crippen molar-refractivity contribution in [2.45, 2.75) is 5.16 Å². The van der Waals surface area contributed by atoms with Crippen LogP contribution in [-0.4, -0.2) is 32.7 Å². The summed E-state index contributed by atoms with van der Waals surface area (Å²) in [6, 6.07) is 17.2. The van der Waals surface area contributed by atoms with Crippen molar-refractivity contribution in [1.82, 2.24) is 14.9 Å². The molecule has 0 unspecified atom stereocenters. The van der Waals surface area contributed by atoms with Crippen LogP contribution in [0.25, 0.3) is 6.08 Å². The van der Waals surface area contributed by atoms with Crippen LogP contribution < -0.4 is 16.6 Å². The van der Waals surface area contributed by atoms with Crippen LogP contribution in [0.5, 0.6) is 0 Å². The Morgan fingerprint density at radius 2 is 2.03 bits per heavy atom. The number of nitrogens with two attached hydrogens (primary N) is 1. The third-order valence-electron chi connectivity index (χ3n) is 3.52. The maximum absolute atomic E-state index is 12.1. The first-order valence-corrected chi connectivity index (χ1v) is 10.3. The first-order chi connectivity index (χ1) is 14.1. The van der Waals surface area contributed by atoms with Gasteiger partial charge in [0.25, 0.3) is 5.95 Å². The molecule has 1 aromatic heterocycles. The molecule has 0 saturated heterocycles. The highest BCUT2D eigenvalue weighted by Crippen LogP contribution is 2.19. The zero-order valence-electron chi connectivity index (χ0n) is 15.2. The number of carbonyl (C=O) groups excluding carboxylic acids is 1. The molecule has 1 heterocycles. The van der Waals surface area contributed by atoms with Crippen LogP contribution >= 0.6 is 27.7 Å². The number of anilines is 2. The van der Waals surface area contributed by atoms with Crippen LogP contribution in [0.2, 0.25) is 0 Å². The predicted octanol–water partition coefficient (Wildman–Crippen LogP) is 3.60. The fourth-order valence-electron chi connectivity index (χ4n) is 2.20. The molecular formula is C19H18BrN7OS. The van der Waals surface area contributed by atoms with Gasteiger partial charge >= 0.3 is 0 Å². The standard InChI is InChI=1S/C19H18BrN7OS/c20-15-9-4-10-16(12-15)23-17(28)13-29-19-26-25-18(27(19)21)24-22-11-5-8-14-6-2-1-3-7-14/h1-12H,13,21H2,(H,23,28)(H,24,25)/b8-5+,22-11+. The van der Waals surface area contributed by atoms with Crippen LogP contribution in [0.4, 0.5) is 11.6 Å². The predicted molar refractivity (Wildman–Crippen MR) is 121 cm³/mol. The molecule has 10 heteroatoms. The van der Waals surface area contributed by atoms with E-state index in [1.165, 1.54) is 16.4 Å². The molecule has 1 amide bonds. The fraction of sp³-hybridized carbons (Fsp3) is 0.0526. The van der Waals surface area contributed by atoms with E-state index in [-0.39, 0.29) is 17.6 Å². The highest BCUT2D eigenvalue weighted by atomic mass is 79.9. The first kappa shape index (κ1) is 20.6. The van der Waals surface area contributed by atoms with E-state index in [0.29, 0.717) is 10.8 Å². The minimum absolute atomic E-state index is 0.144. The summed E-state index contributed by atoms with van der Waals surface area (Å²) in [7, 11) is 0. The van der Waals surface area contributed by atoms with Crippen LogP contribution in [0.15, 0.2) is 75.4 Å². The lowest BCUT2D eigenvalue weighted by atomic mass is 10.2. The number of nitrogens with one attached hydrogen (secondary N) is 2. The second kappa shape index (κ2) is 10.4. The van der Waals surface area contributed by atoms with Crippen molar-refractivity contribution < 1.29 is 4.79 Å². The number of hydrazone groups is 1. The normalized spacial score (nSPS) is 11.2. The summed E-state index contributed by atoms with van der Waals surface area (Å²) in [5.41, 5.74) is 4.49. The Balaban J connectivity index is 1.48. The lowest BCUT2D eigenvalue weighted by Gasteiger charge is -2.05. The summed E-state index contributed by atoms with van der Waals surface area (Å²) >= 11 is 4.54. The number of benzene rings is 2. The number of nitrogens with zero attached hydrogens (tertiary/aromatic N) is 4. The lowest BCUT2D eigenvalue weighted by Crippen LogP contribution is -2.16. The van der Waals surface area contributed by atoms with E-state index in [9.17, 15) is 4.79 Å². The lowest BCUT2D eigenvalue weighted by molar-refractivity contribution is -0.113. The van der Waals surface area contributed by atoms with Crippen molar-refractivity contribution in [1.29, 1.82) is 0 Å².